The Morgan fingerprint density at radius 1 is 0.972 bits per heavy atom. The maximum atomic E-state index is 11.5. The van der Waals surface area contributed by atoms with Gasteiger partial charge in [-0.1, -0.05) is 67.9 Å². The van der Waals surface area contributed by atoms with E-state index in [1.807, 2.05) is 62.0 Å². The first-order valence-electron chi connectivity index (χ1n) is 13.8. The number of carboxylic acids is 1. The van der Waals surface area contributed by atoms with Crippen LogP contribution in [0.15, 0.2) is 65.6 Å². The van der Waals surface area contributed by atoms with E-state index < -0.39 is 12.0 Å². The zero-order valence-corrected chi connectivity index (χ0v) is 23.3. The first-order valence-corrected chi connectivity index (χ1v) is 14.8. The Hall–Kier alpha value is -1.82. The molecule has 1 heterocycles. The van der Waals surface area contributed by atoms with E-state index in [1.54, 1.807) is 0 Å². The molecular weight excluding hydrogens is 464 g/mol. The van der Waals surface area contributed by atoms with Crippen molar-refractivity contribution in [1.82, 2.24) is 10.2 Å². The Bertz CT molecular complexity index is 839. The van der Waals surface area contributed by atoms with Gasteiger partial charge in [-0.2, -0.15) is 0 Å². The highest BCUT2D eigenvalue weighted by molar-refractivity contribution is 7.99. The molecule has 0 spiro atoms. The zero-order chi connectivity index (χ0) is 25.8. The molecular formula is C31H46N2O2S. The van der Waals surface area contributed by atoms with E-state index in [4.69, 9.17) is 0 Å². The third kappa shape index (κ3) is 10.3. The van der Waals surface area contributed by atoms with Crippen molar-refractivity contribution in [3.63, 3.8) is 0 Å². The summed E-state index contributed by atoms with van der Waals surface area (Å²) in [7, 11) is 0. The molecule has 0 bridgehead atoms. The number of rotatable bonds is 10. The third-order valence-electron chi connectivity index (χ3n) is 7.60. The minimum absolute atomic E-state index is 0.129. The lowest BCUT2D eigenvalue weighted by atomic mass is 9.93. The number of benzene rings is 2. The van der Waals surface area contributed by atoms with Crippen LogP contribution in [-0.4, -0.2) is 53.4 Å². The summed E-state index contributed by atoms with van der Waals surface area (Å²) < 4.78 is 0. The molecule has 3 atom stereocenters. The molecule has 0 aromatic heterocycles. The van der Waals surface area contributed by atoms with Crippen molar-refractivity contribution >= 4 is 17.7 Å². The molecule has 1 aliphatic heterocycles. The first-order chi connectivity index (χ1) is 17.4. The van der Waals surface area contributed by atoms with Crippen LogP contribution in [0.4, 0.5) is 0 Å². The largest absolute Gasteiger partial charge is 0.480 e. The minimum atomic E-state index is -0.712. The number of aryl methyl sites for hydroxylation is 1. The number of hydrogen-bond acceptors (Lipinski definition) is 4. The molecule has 2 aromatic carbocycles. The van der Waals surface area contributed by atoms with Crippen LogP contribution in [-0.2, 0) is 4.79 Å². The van der Waals surface area contributed by atoms with Crippen LogP contribution in [0.1, 0.15) is 57.9 Å². The molecule has 2 fully saturated rings. The Morgan fingerprint density at radius 2 is 1.58 bits per heavy atom. The van der Waals surface area contributed by atoms with Gasteiger partial charge in [-0.25, -0.2) is 0 Å². The van der Waals surface area contributed by atoms with Crippen molar-refractivity contribution in [2.75, 3.05) is 25.4 Å². The van der Waals surface area contributed by atoms with Gasteiger partial charge in [0.15, 0.2) is 0 Å². The molecule has 4 rings (SSSR count). The van der Waals surface area contributed by atoms with Crippen molar-refractivity contribution < 1.29 is 9.90 Å². The van der Waals surface area contributed by atoms with E-state index in [0.29, 0.717) is 6.04 Å². The van der Waals surface area contributed by atoms with Gasteiger partial charge < -0.3 is 15.3 Å². The number of carbonyl (C=O) groups is 1. The molecule has 4 nitrogen and oxygen atoms in total. The highest BCUT2D eigenvalue weighted by atomic mass is 32.2. The molecule has 2 aromatic rings. The molecule has 0 radical (unpaired) electrons. The second-order valence-corrected chi connectivity index (χ2v) is 12.1. The lowest BCUT2D eigenvalue weighted by molar-refractivity contribution is -0.140. The molecule has 1 aliphatic carbocycles. The van der Waals surface area contributed by atoms with Gasteiger partial charge in [-0.15, -0.1) is 11.8 Å². The molecule has 0 amide bonds. The molecule has 2 aliphatic rings. The number of aliphatic carboxylic acids is 1. The average molecular weight is 511 g/mol. The zero-order valence-electron chi connectivity index (χ0n) is 22.4. The lowest BCUT2D eigenvalue weighted by Gasteiger charge is -2.33. The van der Waals surface area contributed by atoms with Crippen LogP contribution in [0.3, 0.4) is 0 Å². The van der Waals surface area contributed by atoms with Crippen molar-refractivity contribution in [2.45, 2.75) is 76.3 Å². The van der Waals surface area contributed by atoms with E-state index in [-0.39, 0.29) is 5.92 Å². The summed E-state index contributed by atoms with van der Waals surface area (Å²) in [6, 6.07) is 20.8. The van der Waals surface area contributed by atoms with Gasteiger partial charge in [0.1, 0.15) is 6.04 Å². The smallest absolute Gasteiger partial charge is 0.320 e. The van der Waals surface area contributed by atoms with Gasteiger partial charge >= 0.3 is 5.97 Å². The Labute approximate surface area is 223 Å². The molecule has 1 saturated carbocycles. The first kappa shape index (κ1) is 28.7. The van der Waals surface area contributed by atoms with E-state index in [9.17, 15) is 9.90 Å². The predicted octanol–water partition coefficient (Wildman–Crippen LogP) is 6.74. The van der Waals surface area contributed by atoms with Crippen LogP contribution in [0, 0.1) is 24.7 Å². The van der Waals surface area contributed by atoms with Gasteiger partial charge in [0.25, 0.3) is 0 Å². The Kier molecular flexibility index (Phi) is 12.3. The van der Waals surface area contributed by atoms with Crippen molar-refractivity contribution in [3.05, 3.63) is 66.2 Å². The van der Waals surface area contributed by atoms with Gasteiger partial charge in [0.2, 0.25) is 0 Å². The second-order valence-electron chi connectivity index (χ2n) is 11.0. The number of likely N-dealkylation sites (tertiary alicyclic amines) is 1. The Morgan fingerprint density at radius 3 is 2.14 bits per heavy atom. The average Bonchev–Trinajstić information content (AvgIpc) is 3.33. The maximum absolute atomic E-state index is 11.5. The highest BCUT2D eigenvalue weighted by Gasteiger charge is 2.31. The molecule has 2 unspecified atom stereocenters. The van der Waals surface area contributed by atoms with Gasteiger partial charge in [0.05, 0.1) is 0 Å². The van der Waals surface area contributed by atoms with Crippen molar-refractivity contribution in [3.8, 4) is 0 Å². The van der Waals surface area contributed by atoms with Crippen molar-refractivity contribution in [1.29, 1.82) is 0 Å². The maximum Gasteiger partial charge on any atom is 0.320 e. The Balaban J connectivity index is 0.000000526. The number of carboxylic acid groups (broad SMARTS) is 1. The standard InChI is InChI=1S/C25H40N2O2S.C6H6/c1-18(2)24(25(28)29)26-22-7-6-21(16-22)17-27-13-10-20(11-14-27)12-15-30-23-8-4-19(3)5-9-23;1-2-4-6-5-3-1/h4-5,8-9,18,20-22,24,26H,6-7,10-17H2,1-3H3,(H,28,29);1-6H/t21-,22?,24?;/m1./s1. The van der Waals surface area contributed by atoms with E-state index in [2.05, 4.69) is 41.4 Å². The van der Waals surface area contributed by atoms with E-state index in [0.717, 1.165) is 24.7 Å². The summed E-state index contributed by atoms with van der Waals surface area (Å²) in [4.78, 5) is 15.5. The topological polar surface area (TPSA) is 52.6 Å². The van der Waals surface area contributed by atoms with Crippen LogP contribution in [0.5, 0.6) is 0 Å². The normalized spacial score (nSPS) is 21.7. The van der Waals surface area contributed by atoms with E-state index in [1.165, 1.54) is 61.5 Å². The third-order valence-corrected chi connectivity index (χ3v) is 8.64. The molecule has 1 saturated heterocycles. The fourth-order valence-corrected chi connectivity index (χ4v) is 6.40. The monoisotopic (exact) mass is 510 g/mol. The number of hydrogen-bond donors (Lipinski definition) is 2. The number of nitrogens with zero attached hydrogens (tertiary/aromatic N) is 1. The summed E-state index contributed by atoms with van der Waals surface area (Å²) >= 11 is 2.00. The van der Waals surface area contributed by atoms with Crippen LogP contribution in [0.2, 0.25) is 0 Å². The predicted molar refractivity (Wildman–Crippen MR) is 153 cm³/mol. The van der Waals surface area contributed by atoms with Crippen LogP contribution in [0.25, 0.3) is 0 Å². The summed E-state index contributed by atoms with van der Waals surface area (Å²) in [5.74, 6) is 2.24. The summed E-state index contributed by atoms with van der Waals surface area (Å²) in [5.41, 5.74) is 1.33. The van der Waals surface area contributed by atoms with Crippen LogP contribution < -0.4 is 5.32 Å². The van der Waals surface area contributed by atoms with Crippen molar-refractivity contribution in [2.24, 2.45) is 17.8 Å². The number of thioether (sulfide) groups is 1. The molecule has 36 heavy (non-hydrogen) atoms. The van der Waals surface area contributed by atoms with Gasteiger partial charge in [-0.05, 0) is 94.2 Å². The van der Waals surface area contributed by atoms with Crippen LogP contribution >= 0.6 is 11.8 Å². The number of nitrogens with one attached hydrogen (secondary N) is 1. The quantitative estimate of drug-likeness (QED) is 0.347. The fraction of sp³-hybridized carbons (Fsp3) is 0.581. The second kappa shape index (κ2) is 15.4. The molecule has 5 heteroatoms. The summed E-state index contributed by atoms with van der Waals surface area (Å²) in [5, 5.41) is 12.8. The summed E-state index contributed by atoms with van der Waals surface area (Å²) in [6.07, 6.45) is 7.47. The number of piperidine rings is 1. The van der Waals surface area contributed by atoms with E-state index >= 15 is 0 Å². The lowest BCUT2D eigenvalue weighted by Crippen LogP contribution is -2.45. The van der Waals surface area contributed by atoms with Gasteiger partial charge in [-0.3, -0.25) is 4.79 Å². The van der Waals surface area contributed by atoms with Gasteiger partial charge in [0, 0.05) is 17.5 Å². The SMILES string of the molecule is Cc1ccc(SCCC2CCN(C[C@@H]3CCC(NC(C(=O)O)C(C)C)C3)CC2)cc1.c1ccccc1. The fourth-order valence-electron chi connectivity index (χ4n) is 5.38. The molecule has 2 N–H and O–H groups in total. The highest BCUT2D eigenvalue weighted by Crippen LogP contribution is 2.30. The molecule has 198 valence electrons. The summed E-state index contributed by atoms with van der Waals surface area (Å²) in [6.45, 7) is 9.78. The minimum Gasteiger partial charge on any atom is -0.480 e.